The lowest BCUT2D eigenvalue weighted by Crippen LogP contribution is -2.51. The second-order valence-corrected chi connectivity index (χ2v) is 15.9. The van der Waals surface area contributed by atoms with E-state index in [4.69, 9.17) is 13.8 Å². The second kappa shape index (κ2) is 8.86. The molecular weight excluding hydrogens is 507 g/mol. The van der Waals surface area contributed by atoms with E-state index in [1.165, 1.54) is 28.7 Å². The van der Waals surface area contributed by atoms with Gasteiger partial charge in [-0.25, -0.2) is 0 Å². The van der Waals surface area contributed by atoms with Crippen molar-refractivity contribution in [2.75, 3.05) is 19.8 Å². The zero-order valence-corrected chi connectivity index (χ0v) is 24.5. The van der Waals surface area contributed by atoms with Gasteiger partial charge in [-0.05, 0) is 84.8 Å². The standard InChI is InChI=1S/C33H41O5P/c1-21-14-16-36-33(21)15-13-29-27-11-7-23-17-24(34)8-12-26(23)30(27)28(18-32(29,33)4)22-5-9-25(10-6-22)39(35)37-19-31(2,3)20-38-39/h5-7,9-10,27-29H,1,8,11-20H2,2-4H3/t27-,28+,29-,32-,33+/m0/s1. The number of fused-ring (bicyclic) bond motifs is 5. The molecule has 2 heterocycles. The third-order valence-corrected chi connectivity index (χ3v) is 12.9. The molecule has 5 fully saturated rings. The number of benzene rings is 1. The van der Waals surface area contributed by atoms with Crippen molar-refractivity contribution < 1.29 is 23.1 Å². The molecule has 0 radical (unpaired) electrons. The van der Waals surface area contributed by atoms with E-state index < -0.39 is 7.60 Å². The summed E-state index contributed by atoms with van der Waals surface area (Å²) in [6.45, 7) is 12.8. The largest absolute Gasteiger partial charge is 0.370 e. The van der Waals surface area contributed by atoms with E-state index in [1.54, 1.807) is 5.57 Å². The Morgan fingerprint density at radius 3 is 2.46 bits per heavy atom. The van der Waals surface area contributed by atoms with Crippen molar-refractivity contribution in [1.29, 1.82) is 0 Å². The van der Waals surface area contributed by atoms with Crippen LogP contribution in [-0.2, 0) is 23.1 Å². The number of allylic oxidation sites excluding steroid dienone is 4. The molecule has 39 heavy (non-hydrogen) atoms. The summed E-state index contributed by atoms with van der Waals surface area (Å²) in [5, 5.41) is 0.633. The fourth-order valence-electron chi connectivity index (χ4n) is 8.99. The molecule has 0 aromatic heterocycles. The summed E-state index contributed by atoms with van der Waals surface area (Å²) in [6.07, 6.45) is 9.66. The first-order valence-electron chi connectivity index (χ1n) is 14.8. The maximum atomic E-state index is 13.5. The minimum atomic E-state index is -3.32. The topological polar surface area (TPSA) is 61.8 Å². The smallest absolute Gasteiger partial charge is 0.361 e. The van der Waals surface area contributed by atoms with Gasteiger partial charge < -0.3 is 13.8 Å². The van der Waals surface area contributed by atoms with E-state index in [1.807, 2.05) is 12.1 Å². The average molecular weight is 549 g/mol. The van der Waals surface area contributed by atoms with Crippen LogP contribution in [0.1, 0.15) is 83.6 Å². The molecule has 0 N–H and O–H groups in total. The number of rotatable bonds is 2. The number of ether oxygens (including phenoxy) is 1. The van der Waals surface area contributed by atoms with E-state index in [2.05, 4.69) is 45.6 Å². The Balaban J connectivity index is 1.30. The molecule has 2 aliphatic heterocycles. The minimum absolute atomic E-state index is 0.00239. The van der Waals surface area contributed by atoms with E-state index in [0.717, 1.165) is 38.7 Å². The number of carbonyl (C=O) groups excluding carboxylic acids is 1. The Hall–Kier alpha value is -1.78. The molecule has 5 atom stereocenters. The van der Waals surface area contributed by atoms with Gasteiger partial charge in [0.2, 0.25) is 0 Å². The van der Waals surface area contributed by atoms with Crippen molar-refractivity contribution in [3.8, 4) is 0 Å². The summed E-state index contributed by atoms with van der Waals surface area (Å²) in [5.74, 6) is 1.60. The van der Waals surface area contributed by atoms with Gasteiger partial charge in [0.05, 0.1) is 30.7 Å². The Labute approximate surface area is 232 Å². The Bertz CT molecular complexity index is 1340. The second-order valence-electron chi connectivity index (χ2n) is 13.9. The van der Waals surface area contributed by atoms with Crippen LogP contribution in [0.2, 0.25) is 0 Å². The lowest BCUT2D eigenvalue weighted by Gasteiger charge is -2.55. The van der Waals surface area contributed by atoms with Gasteiger partial charge >= 0.3 is 7.60 Å². The molecule has 7 rings (SSSR count). The van der Waals surface area contributed by atoms with Crippen molar-refractivity contribution in [2.24, 2.45) is 22.7 Å². The Morgan fingerprint density at radius 1 is 1.03 bits per heavy atom. The third-order valence-electron chi connectivity index (χ3n) is 11.0. The lowest BCUT2D eigenvalue weighted by molar-refractivity contribution is -0.118. The van der Waals surface area contributed by atoms with Gasteiger partial charge in [-0.2, -0.15) is 0 Å². The van der Waals surface area contributed by atoms with Crippen LogP contribution in [0.4, 0.5) is 0 Å². The van der Waals surface area contributed by atoms with Crippen molar-refractivity contribution in [2.45, 2.75) is 83.7 Å². The molecule has 6 aliphatic rings. The first kappa shape index (κ1) is 26.1. The maximum Gasteiger partial charge on any atom is 0.361 e. The number of carbonyl (C=O) groups is 1. The quantitative estimate of drug-likeness (QED) is 0.289. The normalized spacial score (nSPS) is 38.8. The van der Waals surface area contributed by atoms with Crippen LogP contribution in [0.3, 0.4) is 0 Å². The first-order chi connectivity index (χ1) is 18.6. The van der Waals surface area contributed by atoms with Crippen molar-refractivity contribution >= 4 is 18.7 Å². The molecule has 1 aromatic rings. The van der Waals surface area contributed by atoms with Gasteiger partial charge in [-0.15, -0.1) is 0 Å². The van der Waals surface area contributed by atoms with E-state index in [-0.39, 0.29) is 22.3 Å². The molecule has 3 saturated carbocycles. The molecule has 0 amide bonds. The molecule has 5 nitrogen and oxygen atoms in total. The monoisotopic (exact) mass is 548 g/mol. The number of ketones is 1. The number of hydrogen-bond acceptors (Lipinski definition) is 5. The highest BCUT2D eigenvalue weighted by Gasteiger charge is 2.65. The SMILES string of the molecule is C=C1CCO[C@]12CC[C@H]1[C@@H]3CC=C4CC(=O)CCC4=C3[C@@H](c3ccc(P4(=O)OCC(C)(C)CO4)cc3)C[C@@]12C. The highest BCUT2D eigenvalue weighted by Crippen LogP contribution is 2.69. The van der Waals surface area contributed by atoms with Gasteiger partial charge in [0.15, 0.2) is 0 Å². The fraction of sp³-hybridized carbons (Fsp3) is 0.606. The summed E-state index contributed by atoms with van der Waals surface area (Å²) < 4.78 is 31.8. The van der Waals surface area contributed by atoms with Crippen LogP contribution in [0.25, 0.3) is 0 Å². The summed E-state index contributed by atoms with van der Waals surface area (Å²) >= 11 is 0. The average Bonchev–Trinajstić information content (AvgIpc) is 3.45. The summed E-state index contributed by atoms with van der Waals surface area (Å²) in [6, 6.07) is 8.22. The molecule has 4 aliphatic carbocycles. The van der Waals surface area contributed by atoms with Crippen molar-refractivity contribution in [3.63, 3.8) is 0 Å². The van der Waals surface area contributed by atoms with Crippen molar-refractivity contribution in [3.05, 3.63) is 64.8 Å². The zero-order chi connectivity index (χ0) is 27.2. The van der Waals surface area contributed by atoms with Crippen LogP contribution in [0, 0.1) is 22.7 Å². The molecule has 208 valence electrons. The highest BCUT2D eigenvalue weighted by molar-refractivity contribution is 7.62. The molecule has 6 heteroatoms. The zero-order valence-electron chi connectivity index (χ0n) is 23.6. The first-order valence-corrected chi connectivity index (χ1v) is 16.4. The fourth-order valence-corrected chi connectivity index (χ4v) is 10.9. The molecule has 0 bridgehead atoms. The van der Waals surface area contributed by atoms with Crippen LogP contribution in [0.15, 0.2) is 59.2 Å². The molecule has 2 saturated heterocycles. The molecule has 1 aromatic carbocycles. The van der Waals surface area contributed by atoms with Crippen LogP contribution in [-0.4, -0.2) is 31.2 Å². The van der Waals surface area contributed by atoms with Gasteiger partial charge in [0, 0.05) is 29.6 Å². The van der Waals surface area contributed by atoms with Gasteiger partial charge in [0.1, 0.15) is 5.78 Å². The van der Waals surface area contributed by atoms with Crippen molar-refractivity contribution in [1.82, 2.24) is 0 Å². The van der Waals surface area contributed by atoms with E-state index >= 15 is 0 Å². The van der Waals surface area contributed by atoms with Gasteiger partial charge in [0.25, 0.3) is 0 Å². The van der Waals surface area contributed by atoms with Crippen LogP contribution < -0.4 is 5.30 Å². The molecular formula is C33H41O5P. The summed E-state index contributed by atoms with van der Waals surface area (Å²) in [7, 11) is -3.32. The highest BCUT2D eigenvalue weighted by atomic mass is 31.2. The maximum absolute atomic E-state index is 13.5. The summed E-state index contributed by atoms with van der Waals surface area (Å²) in [5.41, 5.74) is 6.44. The van der Waals surface area contributed by atoms with E-state index in [0.29, 0.717) is 49.0 Å². The van der Waals surface area contributed by atoms with Gasteiger partial charge in [-0.3, -0.25) is 9.36 Å². The molecule has 0 unspecified atom stereocenters. The van der Waals surface area contributed by atoms with E-state index in [9.17, 15) is 9.36 Å². The number of Topliss-reactive ketones (excluding diaryl/α,β-unsaturated/α-hetero) is 1. The third kappa shape index (κ3) is 3.83. The molecule has 1 spiro atoms. The van der Waals surface area contributed by atoms with Crippen LogP contribution >= 0.6 is 7.60 Å². The predicted molar refractivity (Wildman–Crippen MR) is 152 cm³/mol. The Kier molecular flexibility index (Phi) is 5.94. The minimum Gasteiger partial charge on any atom is -0.370 e. The van der Waals surface area contributed by atoms with Gasteiger partial charge in [-0.1, -0.05) is 51.1 Å². The lowest BCUT2D eigenvalue weighted by atomic mass is 9.51. The predicted octanol–water partition coefficient (Wildman–Crippen LogP) is 7.19. The Morgan fingerprint density at radius 2 is 1.77 bits per heavy atom. The number of hydrogen-bond donors (Lipinski definition) is 0. The summed E-state index contributed by atoms with van der Waals surface area (Å²) in [4.78, 5) is 12.4. The van der Waals surface area contributed by atoms with Crippen LogP contribution in [0.5, 0.6) is 0 Å².